The molecule has 87 valence electrons. The minimum atomic E-state index is -4.33. The van der Waals surface area contributed by atoms with Crippen molar-refractivity contribution in [1.29, 1.82) is 0 Å². The summed E-state index contributed by atoms with van der Waals surface area (Å²) in [7, 11) is 0. The van der Waals surface area contributed by atoms with Gasteiger partial charge in [-0.05, 0) is 29.7 Å². The highest BCUT2D eigenvalue weighted by Crippen LogP contribution is 2.36. The largest absolute Gasteiger partial charge is 0.417 e. The first-order valence-electron chi connectivity index (χ1n) is 5.07. The third-order valence-electron chi connectivity index (χ3n) is 2.50. The molecule has 17 heavy (non-hydrogen) atoms. The van der Waals surface area contributed by atoms with Crippen LogP contribution in [-0.4, -0.2) is 0 Å². The topological polar surface area (TPSA) is 0 Å². The van der Waals surface area contributed by atoms with Crippen LogP contribution in [0.25, 0.3) is 11.1 Å². The van der Waals surface area contributed by atoms with E-state index in [1.807, 2.05) is 0 Å². The fourth-order valence-electron chi connectivity index (χ4n) is 1.67. The molecule has 0 nitrogen and oxygen atoms in total. The fraction of sp³-hybridized carbons (Fsp3) is 0.0714. The van der Waals surface area contributed by atoms with E-state index in [0.29, 0.717) is 5.56 Å². The van der Waals surface area contributed by atoms with E-state index < -0.39 is 11.7 Å². The predicted octanol–water partition coefficient (Wildman–Crippen LogP) is 4.55. The Balaban J connectivity index is 2.56. The van der Waals surface area contributed by atoms with Gasteiger partial charge in [0.15, 0.2) is 0 Å². The molecule has 2 rings (SSSR count). The maximum Gasteiger partial charge on any atom is 0.417 e. The third-order valence-corrected chi connectivity index (χ3v) is 2.50. The van der Waals surface area contributed by atoms with Gasteiger partial charge in [-0.15, -0.1) is 0 Å². The van der Waals surface area contributed by atoms with Gasteiger partial charge in [0.1, 0.15) is 0 Å². The maximum atomic E-state index is 12.8. The van der Waals surface area contributed by atoms with Gasteiger partial charge in [-0.2, -0.15) is 13.2 Å². The molecular formula is C14H10F3. The van der Waals surface area contributed by atoms with Crippen molar-refractivity contribution in [3.05, 3.63) is 66.6 Å². The van der Waals surface area contributed by atoms with Crippen molar-refractivity contribution in [3.63, 3.8) is 0 Å². The summed E-state index contributed by atoms with van der Waals surface area (Å²) in [4.78, 5) is 0. The average molecular weight is 235 g/mol. The number of rotatable bonds is 1. The molecule has 0 aromatic heterocycles. The van der Waals surface area contributed by atoms with Crippen LogP contribution in [0.15, 0.2) is 48.5 Å². The molecule has 0 aliphatic carbocycles. The van der Waals surface area contributed by atoms with E-state index in [4.69, 9.17) is 0 Å². The van der Waals surface area contributed by atoms with E-state index in [1.165, 1.54) is 12.1 Å². The minimum Gasteiger partial charge on any atom is -0.166 e. The molecule has 0 heterocycles. The number of benzene rings is 2. The molecule has 0 aliphatic rings. The Morgan fingerprint density at radius 1 is 0.824 bits per heavy atom. The van der Waals surface area contributed by atoms with Crippen molar-refractivity contribution in [2.45, 2.75) is 6.18 Å². The summed E-state index contributed by atoms with van der Waals surface area (Å²) in [6, 6.07) is 12.2. The van der Waals surface area contributed by atoms with Gasteiger partial charge in [-0.1, -0.05) is 42.5 Å². The SMILES string of the molecule is [CH2]c1ccc(-c2ccccc2C(F)(F)F)cc1. The summed E-state index contributed by atoms with van der Waals surface area (Å²) in [6.45, 7) is 3.70. The highest BCUT2D eigenvalue weighted by atomic mass is 19.4. The van der Waals surface area contributed by atoms with Crippen molar-refractivity contribution in [1.82, 2.24) is 0 Å². The lowest BCUT2D eigenvalue weighted by Crippen LogP contribution is -2.06. The Bertz CT molecular complexity index is 510. The van der Waals surface area contributed by atoms with Crippen LogP contribution in [-0.2, 0) is 6.18 Å². The second kappa shape index (κ2) is 4.24. The molecule has 0 bridgehead atoms. The van der Waals surface area contributed by atoms with Crippen molar-refractivity contribution < 1.29 is 13.2 Å². The lowest BCUT2D eigenvalue weighted by Gasteiger charge is -2.12. The smallest absolute Gasteiger partial charge is 0.166 e. The molecule has 0 aliphatic heterocycles. The molecule has 0 atom stereocenters. The molecule has 2 aromatic rings. The van der Waals surface area contributed by atoms with Crippen LogP contribution in [0.2, 0.25) is 0 Å². The quantitative estimate of drug-likeness (QED) is 0.680. The van der Waals surface area contributed by atoms with Gasteiger partial charge in [0, 0.05) is 0 Å². The van der Waals surface area contributed by atoms with Gasteiger partial charge in [-0.3, -0.25) is 0 Å². The van der Waals surface area contributed by atoms with E-state index in [9.17, 15) is 13.2 Å². The van der Waals surface area contributed by atoms with Crippen LogP contribution in [0.1, 0.15) is 11.1 Å². The molecule has 0 fully saturated rings. The average Bonchev–Trinajstić information content (AvgIpc) is 2.29. The molecule has 1 radical (unpaired) electrons. The van der Waals surface area contributed by atoms with E-state index in [0.717, 1.165) is 11.6 Å². The van der Waals surface area contributed by atoms with Crippen LogP contribution in [0.5, 0.6) is 0 Å². The highest BCUT2D eigenvalue weighted by molar-refractivity contribution is 5.68. The monoisotopic (exact) mass is 235 g/mol. The summed E-state index contributed by atoms with van der Waals surface area (Å²) < 4.78 is 38.4. The molecule has 0 spiro atoms. The standard InChI is InChI=1S/C14H10F3/c1-10-6-8-11(9-7-10)12-4-2-3-5-13(12)14(15,16)17/h2-9H,1H2. The highest BCUT2D eigenvalue weighted by Gasteiger charge is 2.33. The van der Waals surface area contributed by atoms with E-state index in [2.05, 4.69) is 6.92 Å². The molecule has 0 saturated heterocycles. The number of hydrogen-bond donors (Lipinski definition) is 0. The first-order chi connectivity index (χ1) is 7.98. The van der Waals surface area contributed by atoms with E-state index >= 15 is 0 Å². The molecular weight excluding hydrogens is 225 g/mol. The summed E-state index contributed by atoms with van der Waals surface area (Å²) in [5.41, 5.74) is 0.903. The van der Waals surface area contributed by atoms with Gasteiger partial charge in [-0.25, -0.2) is 0 Å². The molecule has 0 amide bonds. The van der Waals surface area contributed by atoms with Crippen molar-refractivity contribution in [2.75, 3.05) is 0 Å². The summed E-state index contributed by atoms with van der Waals surface area (Å²) in [6.07, 6.45) is -4.33. The van der Waals surface area contributed by atoms with E-state index in [-0.39, 0.29) is 5.56 Å². The first kappa shape index (κ1) is 11.7. The lowest BCUT2D eigenvalue weighted by atomic mass is 9.98. The zero-order valence-corrected chi connectivity index (χ0v) is 8.96. The van der Waals surface area contributed by atoms with Crippen LogP contribution in [0, 0.1) is 6.92 Å². The summed E-state index contributed by atoms with van der Waals surface area (Å²) in [5.74, 6) is 0. The Hall–Kier alpha value is -1.77. The minimum absolute atomic E-state index is 0.194. The van der Waals surface area contributed by atoms with Gasteiger partial charge in [0.25, 0.3) is 0 Å². The normalized spacial score (nSPS) is 11.5. The first-order valence-corrected chi connectivity index (χ1v) is 5.07. The van der Waals surface area contributed by atoms with E-state index in [1.54, 1.807) is 30.3 Å². The van der Waals surface area contributed by atoms with Crippen molar-refractivity contribution >= 4 is 0 Å². The molecule has 0 unspecified atom stereocenters. The van der Waals surface area contributed by atoms with Gasteiger partial charge < -0.3 is 0 Å². The number of halogens is 3. The van der Waals surface area contributed by atoms with Crippen molar-refractivity contribution in [2.24, 2.45) is 0 Å². The molecule has 3 heteroatoms. The Labute approximate surface area is 97.7 Å². The maximum absolute atomic E-state index is 12.8. The molecule has 0 N–H and O–H groups in total. The number of hydrogen-bond acceptors (Lipinski definition) is 0. The lowest BCUT2D eigenvalue weighted by molar-refractivity contribution is -0.137. The summed E-state index contributed by atoms with van der Waals surface area (Å²) in [5, 5.41) is 0. The second-order valence-electron chi connectivity index (χ2n) is 3.74. The predicted molar refractivity (Wildman–Crippen MR) is 61.3 cm³/mol. The zero-order chi connectivity index (χ0) is 12.5. The summed E-state index contributed by atoms with van der Waals surface area (Å²) >= 11 is 0. The van der Waals surface area contributed by atoms with Crippen molar-refractivity contribution in [3.8, 4) is 11.1 Å². The zero-order valence-electron chi connectivity index (χ0n) is 8.96. The van der Waals surface area contributed by atoms with Gasteiger partial charge in [0.2, 0.25) is 0 Å². The Morgan fingerprint density at radius 2 is 1.41 bits per heavy atom. The van der Waals surface area contributed by atoms with Crippen LogP contribution in [0.4, 0.5) is 13.2 Å². The number of alkyl halides is 3. The fourth-order valence-corrected chi connectivity index (χ4v) is 1.67. The van der Waals surface area contributed by atoms with Gasteiger partial charge in [0.05, 0.1) is 5.56 Å². The second-order valence-corrected chi connectivity index (χ2v) is 3.74. The van der Waals surface area contributed by atoms with Crippen LogP contribution >= 0.6 is 0 Å². The Kier molecular flexibility index (Phi) is 2.92. The Morgan fingerprint density at radius 3 is 2.00 bits per heavy atom. The van der Waals surface area contributed by atoms with Gasteiger partial charge >= 0.3 is 6.18 Å². The molecule has 0 saturated carbocycles. The van der Waals surface area contributed by atoms with Crippen LogP contribution in [0.3, 0.4) is 0 Å². The van der Waals surface area contributed by atoms with Crippen LogP contribution < -0.4 is 0 Å². The molecule has 2 aromatic carbocycles. The third kappa shape index (κ3) is 2.49.